The molecule has 0 saturated carbocycles. The summed E-state index contributed by atoms with van der Waals surface area (Å²) in [5, 5.41) is 0.737. The zero-order valence-corrected chi connectivity index (χ0v) is 11.3. The zero-order chi connectivity index (χ0) is 13.1. The van der Waals surface area contributed by atoms with E-state index < -0.39 is 0 Å². The molecule has 1 saturated heterocycles. The molecule has 0 unspecified atom stereocenters. The summed E-state index contributed by atoms with van der Waals surface area (Å²) in [5.74, 6) is 1.57. The van der Waals surface area contributed by atoms with Crippen molar-refractivity contribution in [3.05, 3.63) is 47.7 Å². The van der Waals surface area contributed by atoms with Crippen molar-refractivity contribution in [1.29, 1.82) is 0 Å². The molecule has 1 fully saturated rings. The van der Waals surface area contributed by atoms with Crippen LogP contribution in [-0.2, 0) is 0 Å². The number of anilines is 1. The summed E-state index contributed by atoms with van der Waals surface area (Å²) in [6.07, 6.45) is 5.89. The quantitative estimate of drug-likeness (QED) is 0.842. The van der Waals surface area contributed by atoms with Crippen LogP contribution in [0.4, 0.5) is 5.69 Å². The number of hydrogen-bond donors (Lipinski definition) is 0. The fourth-order valence-corrected chi connectivity index (χ4v) is 2.48. The number of aromatic nitrogens is 1. The van der Waals surface area contributed by atoms with Gasteiger partial charge in [-0.25, -0.2) is 0 Å². The van der Waals surface area contributed by atoms with Crippen molar-refractivity contribution in [3.63, 3.8) is 0 Å². The summed E-state index contributed by atoms with van der Waals surface area (Å²) >= 11 is 6.10. The molecule has 0 N–H and O–H groups in total. The van der Waals surface area contributed by atoms with Crippen LogP contribution < -0.4 is 9.64 Å². The predicted molar refractivity (Wildman–Crippen MR) is 77.2 cm³/mol. The summed E-state index contributed by atoms with van der Waals surface area (Å²) in [6.45, 7) is 2.12. The fraction of sp³-hybridized carbons (Fsp3) is 0.267. The van der Waals surface area contributed by atoms with Gasteiger partial charge in [-0.3, -0.25) is 4.98 Å². The summed E-state index contributed by atoms with van der Waals surface area (Å²) in [6, 6.07) is 9.50. The standard InChI is InChI=1S/C15H15ClN2O/c16-12-5-6-15(19-13-4-3-7-17-11-13)14(10-12)18-8-1-2-9-18/h3-7,10-11H,1-2,8-9H2. The molecule has 1 aromatic carbocycles. The van der Waals surface area contributed by atoms with Gasteiger partial charge < -0.3 is 9.64 Å². The second kappa shape index (κ2) is 5.49. The Kier molecular flexibility index (Phi) is 3.56. The van der Waals surface area contributed by atoms with Crippen LogP contribution in [0, 0.1) is 0 Å². The minimum absolute atomic E-state index is 0.737. The van der Waals surface area contributed by atoms with E-state index in [2.05, 4.69) is 9.88 Å². The highest BCUT2D eigenvalue weighted by Gasteiger charge is 2.17. The molecular formula is C15H15ClN2O. The maximum absolute atomic E-state index is 6.10. The van der Waals surface area contributed by atoms with Gasteiger partial charge in [-0.05, 0) is 43.2 Å². The molecule has 1 aliphatic rings. The number of nitrogens with zero attached hydrogens (tertiary/aromatic N) is 2. The minimum atomic E-state index is 0.737. The molecule has 4 heteroatoms. The Labute approximate surface area is 117 Å². The number of halogens is 1. The molecule has 0 aliphatic carbocycles. The van der Waals surface area contributed by atoms with Crippen LogP contribution in [0.25, 0.3) is 0 Å². The van der Waals surface area contributed by atoms with Crippen molar-refractivity contribution in [1.82, 2.24) is 4.98 Å². The summed E-state index contributed by atoms with van der Waals surface area (Å²) in [4.78, 5) is 6.38. The SMILES string of the molecule is Clc1ccc(Oc2cccnc2)c(N2CCCC2)c1. The smallest absolute Gasteiger partial charge is 0.150 e. The Morgan fingerprint density at radius 1 is 1.16 bits per heavy atom. The molecule has 0 atom stereocenters. The van der Waals surface area contributed by atoms with Gasteiger partial charge in [0.25, 0.3) is 0 Å². The molecule has 0 bridgehead atoms. The first kappa shape index (κ1) is 12.3. The van der Waals surface area contributed by atoms with Crippen molar-refractivity contribution < 1.29 is 4.74 Å². The lowest BCUT2D eigenvalue weighted by Gasteiger charge is -2.21. The van der Waals surface area contributed by atoms with Crippen molar-refractivity contribution in [2.45, 2.75) is 12.8 Å². The van der Waals surface area contributed by atoms with Gasteiger partial charge in [-0.15, -0.1) is 0 Å². The maximum Gasteiger partial charge on any atom is 0.150 e. The van der Waals surface area contributed by atoms with E-state index in [1.165, 1.54) is 12.8 Å². The van der Waals surface area contributed by atoms with Crippen LogP contribution in [0.15, 0.2) is 42.7 Å². The highest BCUT2D eigenvalue weighted by atomic mass is 35.5. The van der Waals surface area contributed by atoms with Crippen molar-refractivity contribution >= 4 is 17.3 Å². The van der Waals surface area contributed by atoms with Gasteiger partial charge in [0.1, 0.15) is 5.75 Å². The largest absolute Gasteiger partial charge is 0.454 e. The van der Waals surface area contributed by atoms with Gasteiger partial charge in [0, 0.05) is 24.3 Å². The molecule has 2 aromatic rings. The third kappa shape index (κ3) is 2.82. The zero-order valence-electron chi connectivity index (χ0n) is 10.6. The van der Waals surface area contributed by atoms with Gasteiger partial charge in [0.05, 0.1) is 11.9 Å². The van der Waals surface area contributed by atoms with E-state index in [-0.39, 0.29) is 0 Å². The number of ether oxygens (including phenoxy) is 1. The van der Waals surface area contributed by atoms with Crippen LogP contribution in [-0.4, -0.2) is 18.1 Å². The van der Waals surface area contributed by atoms with E-state index in [0.29, 0.717) is 0 Å². The molecule has 19 heavy (non-hydrogen) atoms. The topological polar surface area (TPSA) is 25.4 Å². The van der Waals surface area contributed by atoms with Gasteiger partial charge in [-0.1, -0.05) is 11.6 Å². The minimum Gasteiger partial charge on any atom is -0.454 e. The van der Waals surface area contributed by atoms with Crippen LogP contribution in [0.5, 0.6) is 11.5 Å². The molecular weight excluding hydrogens is 260 g/mol. The second-order valence-corrected chi connectivity index (χ2v) is 5.03. The van der Waals surface area contributed by atoms with Crippen LogP contribution in [0.1, 0.15) is 12.8 Å². The first-order valence-corrected chi connectivity index (χ1v) is 6.83. The first-order chi connectivity index (χ1) is 9.33. The number of pyridine rings is 1. The van der Waals surface area contributed by atoms with Crippen LogP contribution >= 0.6 is 11.6 Å². The molecule has 0 amide bonds. The lowest BCUT2D eigenvalue weighted by molar-refractivity contribution is 0.480. The number of hydrogen-bond acceptors (Lipinski definition) is 3. The van der Waals surface area contributed by atoms with E-state index in [1.807, 2.05) is 30.3 Å². The Morgan fingerprint density at radius 2 is 2.00 bits per heavy atom. The van der Waals surface area contributed by atoms with E-state index in [1.54, 1.807) is 12.4 Å². The van der Waals surface area contributed by atoms with Gasteiger partial charge in [-0.2, -0.15) is 0 Å². The predicted octanol–water partition coefficient (Wildman–Crippen LogP) is 4.13. The normalized spacial score (nSPS) is 14.7. The third-order valence-electron chi connectivity index (χ3n) is 3.23. The van der Waals surface area contributed by atoms with E-state index in [4.69, 9.17) is 16.3 Å². The lowest BCUT2D eigenvalue weighted by atomic mass is 10.2. The third-order valence-corrected chi connectivity index (χ3v) is 3.47. The molecule has 0 radical (unpaired) electrons. The molecule has 1 aromatic heterocycles. The summed E-state index contributed by atoms with van der Waals surface area (Å²) in [5.41, 5.74) is 1.06. The van der Waals surface area contributed by atoms with Gasteiger partial charge in [0.15, 0.2) is 5.75 Å². The van der Waals surface area contributed by atoms with E-state index in [0.717, 1.165) is 35.3 Å². The Bertz CT molecular complexity index is 553. The highest BCUT2D eigenvalue weighted by molar-refractivity contribution is 6.30. The average molecular weight is 275 g/mol. The molecule has 3 rings (SSSR count). The molecule has 98 valence electrons. The summed E-state index contributed by atoms with van der Waals surface area (Å²) < 4.78 is 5.91. The number of rotatable bonds is 3. The molecule has 1 aliphatic heterocycles. The van der Waals surface area contributed by atoms with Crippen LogP contribution in [0.3, 0.4) is 0 Å². The Hall–Kier alpha value is -1.74. The van der Waals surface area contributed by atoms with E-state index >= 15 is 0 Å². The average Bonchev–Trinajstić information content (AvgIpc) is 2.96. The van der Waals surface area contributed by atoms with Crippen molar-refractivity contribution in [2.75, 3.05) is 18.0 Å². The lowest BCUT2D eigenvalue weighted by Crippen LogP contribution is -2.18. The van der Waals surface area contributed by atoms with Gasteiger partial charge in [0.2, 0.25) is 0 Å². The first-order valence-electron chi connectivity index (χ1n) is 6.45. The molecule has 0 spiro atoms. The summed E-state index contributed by atoms with van der Waals surface area (Å²) in [7, 11) is 0. The monoisotopic (exact) mass is 274 g/mol. The van der Waals surface area contributed by atoms with E-state index in [9.17, 15) is 0 Å². The molecule has 2 heterocycles. The van der Waals surface area contributed by atoms with Gasteiger partial charge >= 0.3 is 0 Å². The Balaban J connectivity index is 1.91. The maximum atomic E-state index is 6.10. The number of benzene rings is 1. The van der Waals surface area contributed by atoms with Crippen molar-refractivity contribution in [3.8, 4) is 11.5 Å². The second-order valence-electron chi connectivity index (χ2n) is 4.60. The fourth-order valence-electron chi connectivity index (χ4n) is 2.32. The Morgan fingerprint density at radius 3 is 2.74 bits per heavy atom. The van der Waals surface area contributed by atoms with Crippen molar-refractivity contribution in [2.24, 2.45) is 0 Å². The highest BCUT2D eigenvalue weighted by Crippen LogP contribution is 2.36. The van der Waals surface area contributed by atoms with Crippen LogP contribution in [0.2, 0.25) is 5.02 Å². The molecule has 3 nitrogen and oxygen atoms in total.